The summed E-state index contributed by atoms with van der Waals surface area (Å²) in [6, 6.07) is 0. The number of methoxy groups -OCH3 is 1. The number of carbonyl (C=O) groups excluding carboxylic acids is 1. The van der Waals surface area contributed by atoms with Crippen molar-refractivity contribution in [1.82, 2.24) is 0 Å². The van der Waals surface area contributed by atoms with Gasteiger partial charge in [-0.05, 0) is 56.1 Å². The average Bonchev–Trinajstić information content (AvgIpc) is 2.32. The molecule has 2 nitrogen and oxygen atoms in total. The first-order valence-electron chi connectivity index (χ1n) is 6.87. The fourth-order valence-corrected chi connectivity index (χ4v) is 3.34. The number of ketones is 1. The van der Waals surface area contributed by atoms with E-state index in [2.05, 4.69) is 26.8 Å². The van der Waals surface area contributed by atoms with Gasteiger partial charge in [0, 0.05) is 7.11 Å². The first kappa shape index (κ1) is 13.5. The van der Waals surface area contributed by atoms with E-state index in [-0.39, 0.29) is 5.78 Å². The molecule has 0 radical (unpaired) electrons. The number of ether oxygens (including phenoxy) is 1. The standard InChI is InChI=1S/C16H24O2/c1-10(2)12-7-6-11(3)13-8-15(17)16(4,18-5)9-14(12)13/h6,8,10,12,14H,7,9H2,1-5H3/t12-,14-,16+/m0/s1. The predicted octanol–water partition coefficient (Wildman–Crippen LogP) is 3.53. The summed E-state index contributed by atoms with van der Waals surface area (Å²) in [5.41, 5.74) is 1.90. The van der Waals surface area contributed by atoms with E-state index in [1.54, 1.807) is 7.11 Å². The van der Waals surface area contributed by atoms with Crippen molar-refractivity contribution >= 4 is 5.78 Å². The van der Waals surface area contributed by atoms with Gasteiger partial charge in [-0.15, -0.1) is 0 Å². The highest BCUT2D eigenvalue weighted by Crippen LogP contribution is 2.46. The molecule has 0 aromatic heterocycles. The largest absolute Gasteiger partial charge is 0.370 e. The van der Waals surface area contributed by atoms with Crippen LogP contribution in [0.3, 0.4) is 0 Å². The molecule has 0 fully saturated rings. The monoisotopic (exact) mass is 248 g/mol. The molecule has 3 atom stereocenters. The zero-order valence-electron chi connectivity index (χ0n) is 12.1. The van der Waals surface area contributed by atoms with Crippen molar-refractivity contribution in [3.05, 3.63) is 23.3 Å². The van der Waals surface area contributed by atoms with Crippen molar-refractivity contribution in [1.29, 1.82) is 0 Å². The zero-order valence-corrected chi connectivity index (χ0v) is 12.1. The molecule has 0 unspecified atom stereocenters. The molecule has 0 bridgehead atoms. The van der Waals surface area contributed by atoms with Crippen molar-refractivity contribution in [3.63, 3.8) is 0 Å². The highest BCUT2D eigenvalue weighted by Gasteiger charge is 2.44. The molecule has 0 aromatic rings. The van der Waals surface area contributed by atoms with Gasteiger partial charge >= 0.3 is 0 Å². The van der Waals surface area contributed by atoms with E-state index < -0.39 is 5.60 Å². The Morgan fingerprint density at radius 3 is 2.67 bits per heavy atom. The molecule has 0 aromatic carbocycles. The van der Waals surface area contributed by atoms with Gasteiger partial charge in [0.05, 0.1) is 0 Å². The molecule has 0 amide bonds. The molecule has 2 heteroatoms. The van der Waals surface area contributed by atoms with Crippen molar-refractivity contribution in [2.45, 2.75) is 46.1 Å². The summed E-state index contributed by atoms with van der Waals surface area (Å²) in [5, 5.41) is 0. The van der Waals surface area contributed by atoms with Gasteiger partial charge in [0.1, 0.15) is 5.60 Å². The average molecular weight is 248 g/mol. The SMILES string of the molecule is CO[C@]1(C)C[C@@H]2C(=CC1=O)C(C)=CC[C@H]2C(C)C. The minimum atomic E-state index is -0.626. The van der Waals surface area contributed by atoms with Gasteiger partial charge in [-0.2, -0.15) is 0 Å². The van der Waals surface area contributed by atoms with E-state index in [1.807, 2.05) is 13.0 Å². The lowest BCUT2D eigenvalue weighted by Gasteiger charge is -2.43. The smallest absolute Gasteiger partial charge is 0.187 e. The summed E-state index contributed by atoms with van der Waals surface area (Å²) in [6.45, 7) is 8.60. The lowest BCUT2D eigenvalue weighted by Crippen LogP contribution is -2.45. The predicted molar refractivity (Wildman–Crippen MR) is 73.3 cm³/mol. The molecule has 0 saturated heterocycles. The molecule has 0 heterocycles. The van der Waals surface area contributed by atoms with Gasteiger partial charge < -0.3 is 4.74 Å². The normalized spacial score (nSPS) is 36.2. The Morgan fingerprint density at radius 1 is 1.44 bits per heavy atom. The van der Waals surface area contributed by atoms with Crippen LogP contribution in [0, 0.1) is 17.8 Å². The summed E-state index contributed by atoms with van der Waals surface area (Å²) >= 11 is 0. The Labute approximate surface area is 110 Å². The molecule has 0 aliphatic heterocycles. The molecular weight excluding hydrogens is 224 g/mol. The molecule has 2 aliphatic carbocycles. The number of carbonyl (C=O) groups is 1. The fraction of sp³-hybridized carbons (Fsp3) is 0.688. The Hall–Kier alpha value is -0.890. The third-order valence-corrected chi connectivity index (χ3v) is 4.79. The van der Waals surface area contributed by atoms with Crippen molar-refractivity contribution in [2.24, 2.45) is 17.8 Å². The summed E-state index contributed by atoms with van der Waals surface area (Å²) in [5.74, 6) is 1.85. The molecule has 0 saturated carbocycles. The van der Waals surface area contributed by atoms with Gasteiger partial charge in [0.15, 0.2) is 5.78 Å². The lowest BCUT2D eigenvalue weighted by atomic mass is 9.64. The van der Waals surface area contributed by atoms with Crippen molar-refractivity contribution in [3.8, 4) is 0 Å². The van der Waals surface area contributed by atoms with Crippen molar-refractivity contribution in [2.75, 3.05) is 7.11 Å². The second-order valence-corrected chi connectivity index (χ2v) is 6.24. The maximum Gasteiger partial charge on any atom is 0.187 e. The highest BCUT2D eigenvalue weighted by atomic mass is 16.5. The van der Waals surface area contributed by atoms with Crippen LogP contribution in [0.2, 0.25) is 0 Å². The minimum Gasteiger partial charge on any atom is -0.370 e. The van der Waals surface area contributed by atoms with E-state index in [1.165, 1.54) is 11.1 Å². The highest BCUT2D eigenvalue weighted by molar-refractivity contribution is 5.99. The molecule has 0 N–H and O–H groups in total. The Morgan fingerprint density at radius 2 is 2.11 bits per heavy atom. The van der Waals surface area contributed by atoms with E-state index in [0.717, 1.165) is 12.8 Å². The molecule has 18 heavy (non-hydrogen) atoms. The zero-order chi connectivity index (χ0) is 13.5. The number of hydrogen-bond donors (Lipinski definition) is 0. The number of rotatable bonds is 2. The van der Waals surface area contributed by atoms with Gasteiger partial charge in [0.25, 0.3) is 0 Å². The minimum absolute atomic E-state index is 0.119. The molecular formula is C16H24O2. The maximum atomic E-state index is 12.2. The van der Waals surface area contributed by atoms with Crippen molar-refractivity contribution < 1.29 is 9.53 Å². The summed E-state index contributed by atoms with van der Waals surface area (Å²) in [7, 11) is 1.65. The summed E-state index contributed by atoms with van der Waals surface area (Å²) < 4.78 is 5.49. The van der Waals surface area contributed by atoms with E-state index in [4.69, 9.17) is 4.74 Å². The van der Waals surface area contributed by atoms with Crippen LogP contribution in [0.5, 0.6) is 0 Å². The van der Waals surface area contributed by atoms with Crippen LogP contribution < -0.4 is 0 Å². The Balaban J connectivity index is 2.42. The summed E-state index contributed by atoms with van der Waals surface area (Å²) in [4.78, 5) is 12.2. The second kappa shape index (κ2) is 4.65. The third-order valence-electron chi connectivity index (χ3n) is 4.79. The van der Waals surface area contributed by atoms with Gasteiger partial charge in [0.2, 0.25) is 0 Å². The van der Waals surface area contributed by atoms with Crippen LogP contribution in [0.1, 0.15) is 40.5 Å². The Bertz CT molecular complexity index is 417. The molecule has 0 spiro atoms. The Kier molecular flexibility index (Phi) is 3.50. The van der Waals surface area contributed by atoms with Crippen LogP contribution in [-0.4, -0.2) is 18.5 Å². The summed E-state index contributed by atoms with van der Waals surface area (Å²) in [6.07, 6.45) is 6.06. The maximum absolute atomic E-state index is 12.2. The van der Waals surface area contributed by atoms with Gasteiger partial charge in [-0.25, -0.2) is 0 Å². The van der Waals surface area contributed by atoms with Crippen LogP contribution in [-0.2, 0) is 9.53 Å². The third kappa shape index (κ3) is 2.07. The fourth-order valence-electron chi connectivity index (χ4n) is 3.34. The van der Waals surface area contributed by atoms with Crippen LogP contribution >= 0.6 is 0 Å². The van der Waals surface area contributed by atoms with E-state index in [9.17, 15) is 4.79 Å². The number of allylic oxidation sites excluding steroid dienone is 3. The first-order valence-corrected chi connectivity index (χ1v) is 6.87. The van der Waals surface area contributed by atoms with Crippen LogP contribution in [0.25, 0.3) is 0 Å². The van der Waals surface area contributed by atoms with E-state index in [0.29, 0.717) is 17.8 Å². The van der Waals surface area contributed by atoms with Gasteiger partial charge in [-0.3, -0.25) is 4.79 Å². The second-order valence-electron chi connectivity index (χ2n) is 6.24. The number of hydrogen-bond acceptors (Lipinski definition) is 2. The van der Waals surface area contributed by atoms with Gasteiger partial charge in [-0.1, -0.05) is 25.5 Å². The molecule has 2 aliphatic rings. The number of fused-ring (bicyclic) bond motifs is 1. The van der Waals surface area contributed by atoms with Crippen LogP contribution in [0.15, 0.2) is 23.3 Å². The first-order chi connectivity index (χ1) is 8.39. The van der Waals surface area contributed by atoms with Crippen LogP contribution in [0.4, 0.5) is 0 Å². The lowest BCUT2D eigenvalue weighted by molar-refractivity contribution is -0.137. The molecule has 100 valence electrons. The molecule has 2 rings (SSSR count). The quantitative estimate of drug-likeness (QED) is 0.747. The van der Waals surface area contributed by atoms with E-state index >= 15 is 0 Å². The topological polar surface area (TPSA) is 26.3 Å².